The van der Waals surface area contributed by atoms with Gasteiger partial charge in [-0.1, -0.05) is 5.16 Å². The third-order valence-electron chi connectivity index (χ3n) is 4.31. The van der Waals surface area contributed by atoms with Gasteiger partial charge in [-0.05, 0) is 36.4 Å². The maximum absolute atomic E-state index is 12.5. The summed E-state index contributed by atoms with van der Waals surface area (Å²) in [4.78, 5) is 17.7. The largest absolute Gasteiger partial charge is 0.573 e. The summed E-state index contributed by atoms with van der Waals surface area (Å²) in [6.07, 6.45) is -5.54. The number of nitrogens with one attached hydrogen (secondary N) is 1. The van der Waals surface area contributed by atoms with Gasteiger partial charge in [0.15, 0.2) is 11.5 Å². The van der Waals surface area contributed by atoms with Crippen LogP contribution < -0.4 is 24.3 Å². The minimum absolute atomic E-state index is 0.166. The first kappa shape index (κ1) is 22.1. The monoisotopic (exact) mass is 440 g/mol. The van der Waals surface area contributed by atoms with E-state index in [1.807, 2.05) is 0 Å². The summed E-state index contributed by atoms with van der Waals surface area (Å²) >= 11 is 0. The zero-order valence-electron chi connectivity index (χ0n) is 16.8. The van der Waals surface area contributed by atoms with Gasteiger partial charge in [0, 0.05) is 17.7 Å². The quantitative estimate of drug-likeness (QED) is 0.706. The predicted molar refractivity (Wildman–Crippen MR) is 104 cm³/mol. The first-order chi connectivity index (χ1) is 14.7. The molecule has 0 bridgehead atoms. The Bertz CT molecular complexity index is 951. The van der Waals surface area contributed by atoms with E-state index in [2.05, 4.69) is 15.2 Å². The van der Waals surface area contributed by atoms with Crippen molar-refractivity contribution < 1.29 is 41.8 Å². The lowest BCUT2D eigenvalue weighted by Crippen LogP contribution is -2.28. The maximum Gasteiger partial charge on any atom is 0.573 e. The average Bonchev–Trinajstić information content (AvgIpc) is 3.23. The average molecular weight is 440 g/mol. The number of rotatable bonds is 7. The highest BCUT2D eigenvalue weighted by molar-refractivity contribution is 6.06. The summed E-state index contributed by atoms with van der Waals surface area (Å²) in [6, 6.07) is 8.13. The molecule has 1 atom stereocenters. The highest BCUT2D eigenvalue weighted by Gasteiger charge is 2.32. The standard InChI is InChI=1S/C20H19F3N2O6/c1-27-15-8-11(9-16(28-2)18(15)29-3)14-10-17(31-25-14)19(26)24-12-4-6-13(7-5-12)30-20(21,22)23/h4-9,17H,10H2,1-3H3,(H,24,26)/t17-/m1/s1. The van der Waals surface area contributed by atoms with E-state index in [0.29, 0.717) is 28.5 Å². The number of benzene rings is 2. The number of hydrogen-bond donors (Lipinski definition) is 1. The lowest BCUT2D eigenvalue weighted by atomic mass is 10.0. The molecule has 1 amide bonds. The van der Waals surface area contributed by atoms with Gasteiger partial charge in [-0.15, -0.1) is 13.2 Å². The summed E-state index contributed by atoms with van der Waals surface area (Å²) in [7, 11) is 4.45. The molecule has 3 rings (SSSR count). The van der Waals surface area contributed by atoms with E-state index < -0.39 is 24.1 Å². The number of ether oxygens (including phenoxy) is 4. The lowest BCUT2D eigenvalue weighted by Gasteiger charge is -2.14. The van der Waals surface area contributed by atoms with Crippen LogP contribution in [0.5, 0.6) is 23.0 Å². The summed E-state index contributed by atoms with van der Waals surface area (Å²) in [5.74, 6) is 0.369. The predicted octanol–water partition coefficient (Wildman–Crippen LogP) is 3.74. The van der Waals surface area contributed by atoms with E-state index in [1.165, 1.54) is 33.5 Å². The van der Waals surface area contributed by atoms with Crippen molar-refractivity contribution in [1.82, 2.24) is 0 Å². The van der Waals surface area contributed by atoms with E-state index in [0.717, 1.165) is 12.1 Å². The van der Waals surface area contributed by atoms with Crippen LogP contribution in [-0.4, -0.2) is 45.4 Å². The van der Waals surface area contributed by atoms with Crippen LogP contribution in [0.2, 0.25) is 0 Å². The Morgan fingerprint density at radius 3 is 2.19 bits per heavy atom. The number of oxime groups is 1. The van der Waals surface area contributed by atoms with Gasteiger partial charge < -0.3 is 29.1 Å². The molecule has 1 heterocycles. The fourth-order valence-electron chi connectivity index (χ4n) is 2.90. The van der Waals surface area contributed by atoms with E-state index in [9.17, 15) is 18.0 Å². The second-order valence-electron chi connectivity index (χ2n) is 6.31. The molecule has 0 saturated heterocycles. The smallest absolute Gasteiger partial charge is 0.493 e. The summed E-state index contributed by atoms with van der Waals surface area (Å²) in [6.45, 7) is 0. The second-order valence-corrected chi connectivity index (χ2v) is 6.31. The Hall–Kier alpha value is -3.63. The number of anilines is 1. The Kier molecular flexibility index (Phi) is 6.42. The normalized spacial score (nSPS) is 15.5. The van der Waals surface area contributed by atoms with Gasteiger partial charge in [0.25, 0.3) is 5.91 Å². The third-order valence-corrected chi connectivity index (χ3v) is 4.31. The molecule has 1 aliphatic rings. The van der Waals surface area contributed by atoms with E-state index in [1.54, 1.807) is 12.1 Å². The molecule has 8 nitrogen and oxygen atoms in total. The molecule has 2 aromatic carbocycles. The van der Waals surface area contributed by atoms with Crippen molar-refractivity contribution in [2.75, 3.05) is 26.6 Å². The molecule has 0 aliphatic carbocycles. The molecule has 11 heteroatoms. The molecule has 1 N–H and O–H groups in total. The number of nitrogens with zero attached hydrogens (tertiary/aromatic N) is 1. The van der Waals surface area contributed by atoms with Crippen molar-refractivity contribution >= 4 is 17.3 Å². The molecule has 0 aromatic heterocycles. The molecule has 0 unspecified atom stereocenters. The zero-order chi connectivity index (χ0) is 22.6. The molecule has 0 saturated carbocycles. The lowest BCUT2D eigenvalue weighted by molar-refractivity contribution is -0.274. The van der Waals surface area contributed by atoms with Crippen LogP contribution in [0.15, 0.2) is 41.6 Å². The Morgan fingerprint density at radius 1 is 1.06 bits per heavy atom. The molecule has 0 spiro atoms. The molecular weight excluding hydrogens is 421 g/mol. The Balaban J connectivity index is 1.66. The van der Waals surface area contributed by atoms with Crippen molar-refractivity contribution in [1.29, 1.82) is 0 Å². The molecule has 166 valence electrons. The van der Waals surface area contributed by atoms with Crippen LogP contribution in [-0.2, 0) is 9.63 Å². The van der Waals surface area contributed by atoms with Crippen LogP contribution in [0, 0.1) is 0 Å². The molecule has 2 aromatic rings. The third kappa shape index (κ3) is 5.30. The van der Waals surface area contributed by atoms with Gasteiger partial charge in [-0.25, -0.2) is 0 Å². The number of alkyl halides is 3. The number of hydrogen-bond acceptors (Lipinski definition) is 7. The van der Waals surface area contributed by atoms with Gasteiger partial charge in [-0.2, -0.15) is 0 Å². The topological polar surface area (TPSA) is 87.6 Å². The van der Waals surface area contributed by atoms with Crippen LogP contribution >= 0.6 is 0 Å². The fraction of sp³-hybridized carbons (Fsp3) is 0.300. The van der Waals surface area contributed by atoms with Gasteiger partial charge in [-0.3, -0.25) is 4.79 Å². The first-order valence-electron chi connectivity index (χ1n) is 8.93. The van der Waals surface area contributed by atoms with Crippen molar-refractivity contribution in [3.63, 3.8) is 0 Å². The van der Waals surface area contributed by atoms with Crippen molar-refractivity contribution in [3.05, 3.63) is 42.0 Å². The number of carbonyl (C=O) groups is 1. The van der Waals surface area contributed by atoms with E-state index >= 15 is 0 Å². The first-order valence-corrected chi connectivity index (χ1v) is 8.93. The van der Waals surface area contributed by atoms with Gasteiger partial charge in [0.2, 0.25) is 11.9 Å². The summed E-state index contributed by atoms with van der Waals surface area (Å²) < 4.78 is 56.4. The minimum Gasteiger partial charge on any atom is -0.493 e. The highest BCUT2D eigenvalue weighted by Crippen LogP contribution is 2.39. The number of amides is 1. The zero-order valence-corrected chi connectivity index (χ0v) is 16.8. The highest BCUT2D eigenvalue weighted by atomic mass is 19.4. The van der Waals surface area contributed by atoms with Crippen LogP contribution in [0.25, 0.3) is 0 Å². The molecule has 0 fully saturated rings. The molecule has 1 aliphatic heterocycles. The van der Waals surface area contributed by atoms with Crippen LogP contribution in [0.3, 0.4) is 0 Å². The number of methoxy groups -OCH3 is 3. The SMILES string of the molecule is COc1cc(C2=NO[C@@H](C(=O)Nc3ccc(OC(F)(F)F)cc3)C2)cc(OC)c1OC. The minimum atomic E-state index is -4.79. The maximum atomic E-state index is 12.5. The number of carbonyl (C=O) groups excluding carboxylic acids is 1. The van der Waals surface area contributed by atoms with Crippen LogP contribution in [0.1, 0.15) is 12.0 Å². The van der Waals surface area contributed by atoms with Gasteiger partial charge in [0.05, 0.1) is 27.0 Å². The van der Waals surface area contributed by atoms with Crippen molar-refractivity contribution in [2.45, 2.75) is 18.9 Å². The molecular formula is C20H19F3N2O6. The number of halogens is 3. The van der Waals surface area contributed by atoms with Crippen molar-refractivity contribution in [2.24, 2.45) is 5.16 Å². The fourth-order valence-corrected chi connectivity index (χ4v) is 2.90. The van der Waals surface area contributed by atoms with E-state index in [-0.39, 0.29) is 12.1 Å². The molecule has 0 radical (unpaired) electrons. The van der Waals surface area contributed by atoms with E-state index in [4.69, 9.17) is 19.0 Å². The molecule has 31 heavy (non-hydrogen) atoms. The van der Waals surface area contributed by atoms with Gasteiger partial charge in [0.1, 0.15) is 5.75 Å². The van der Waals surface area contributed by atoms with Gasteiger partial charge >= 0.3 is 6.36 Å². The van der Waals surface area contributed by atoms with Crippen molar-refractivity contribution in [3.8, 4) is 23.0 Å². The summed E-state index contributed by atoms with van der Waals surface area (Å²) in [5.41, 5.74) is 1.40. The Labute approximate surface area is 175 Å². The Morgan fingerprint density at radius 2 is 1.68 bits per heavy atom. The summed E-state index contributed by atoms with van der Waals surface area (Å²) in [5, 5.41) is 6.54. The van der Waals surface area contributed by atoms with Crippen LogP contribution in [0.4, 0.5) is 18.9 Å². The second kappa shape index (κ2) is 9.02.